The van der Waals surface area contributed by atoms with E-state index in [-0.39, 0.29) is 10.8 Å². The molecule has 3 N–H and O–H groups in total. The van der Waals surface area contributed by atoms with Crippen molar-refractivity contribution in [2.75, 3.05) is 29.6 Å². The highest BCUT2D eigenvalue weighted by molar-refractivity contribution is 7.92. The van der Waals surface area contributed by atoms with Crippen molar-refractivity contribution in [2.24, 2.45) is 0 Å². The van der Waals surface area contributed by atoms with Crippen molar-refractivity contribution in [2.45, 2.75) is 4.90 Å². The summed E-state index contributed by atoms with van der Waals surface area (Å²) in [6.07, 6.45) is 2.90. The predicted octanol–water partition coefficient (Wildman–Crippen LogP) is 3.10. The molecule has 0 amide bonds. The molecule has 156 valence electrons. The molecule has 9 nitrogen and oxygen atoms in total. The number of rotatable bonds is 7. The van der Waals surface area contributed by atoms with Gasteiger partial charge in [0, 0.05) is 42.0 Å². The molecule has 0 spiro atoms. The summed E-state index contributed by atoms with van der Waals surface area (Å²) in [4.78, 5) is 7.77. The molecule has 0 atom stereocenters. The average molecular weight is 446 g/mol. The van der Waals surface area contributed by atoms with Gasteiger partial charge in [0.05, 0.1) is 19.1 Å². The summed E-state index contributed by atoms with van der Waals surface area (Å²) in [5.41, 5.74) is 1.28. The van der Waals surface area contributed by atoms with Crippen LogP contribution in [0.3, 0.4) is 0 Å². The molecule has 0 saturated carbocycles. The summed E-state index contributed by atoms with van der Waals surface area (Å²) in [7, 11) is -0.683. The first-order valence-corrected chi connectivity index (χ1v) is 10.5. The number of nitrogens with one attached hydrogen (secondary N) is 3. The van der Waals surface area contributed by atoms with E-state index in [1.54, 1.807) is 50.6 Å². The summed E-state index contributed by atoms with van der Waals surface area (Å²) in [5.74, 6) is 1.23. The largest absolute Gasteiger partial charge is 0.497 e. The van der Waals surface area contributed by atoms with Gasteiger partial charge in [0.25, 0.3) is 10.0 Å². The molecule has 0 aliphatic carbocycles. The number of hydrogen-bond acceptors (Lipinski definition) is 7. The van der Waals surface area contributed by atoms with Gasteiger partial charge in [-0.15, -0.1) is 0 Å². The van der Waals surface area contributed by atoms with Crippen molar-refractivity contribution in [1.82, 2.24) is 9.97 Å². The van der Waals surface area contributed by atoms with Crippen LogP contribution in [0.5, 0.6) is 11.5 Å². The van der Waals surface area contributed by atoms with E-state index in [0.717, 1.165) is 0 Å². The minimum Gasteiger partial charge on any atom is -0.497 e. The second kappa shape index (κ2) is 9.37. The molecule has 2 aromatic carbocycles. The third-order valence-corrected chi connectivity index (χ3v) is 5.37. The highest BCUT2D eigenvalue weighted by Crippen LogP contribution is 2.26. The van der Waals surface area contributed by atoms with Crippen LogP contribution in [-0.4, -0.2) is 37.7 Å². The summed E-state index contributed by atoms with van der Waals surface area (Å²) in [5, 5.41) is 6.34. The quantitative estimate of drug-likeness (QED) is 0.472. The van der Waals surface area contributed by atoms with Crippen LogP contribution in [0.25, 0.3) is 0 Å². The Morgan fingerprint density at radius 1 is 0.900 bits per heavy atom. The third-order valence-electron chi connectivity index (χ3n) is 3.82. The van der Waals surface area contributed by atoms with E-state index in [1.165, 1.54) is 24.5 Å². The van der Waals surface area contributed by atoms with Gasteiger partial charge < -0.3 is 20.1 Å². The molecule has 3 rings (SSSR count). The first-order valence-electron chi connectivity index (χ1n) is 8.60. The average Bonchev–Trinajstić information content (AvgIpc) is 2.74. The fraction of sp³-hybridized carbons (Fsp3) is 0.105. The second-order valence-electron chi connectivity index (χ2n) is 5.88. The lowest BCUT2D eigenvalue weighted by Gasteiger charge is -2.13. The van der Waals surface area contributed by atoms with E-state index in [0.29, 0.717) is 28.0 Å². The van der Waals surface area contributed by atoms with Crippen LogP contribution in [0, 0.1) is 0 Å². The maximum absolute atomic E-state index is 12.4. The van der Waals surface area contributed by atoms with Gasteiger partial charge in [0.1, 0.15) is 11.5 Å². The molecule has 0 saturated heterocycles. The Balaban J connectivity index is 1.66. The number of methoxy groups -OCH3 is 2. The molecule has 0 aliphatic heterocycles. The van der Waals surface area contributed by atoms with E-state index >= 15 is 0 Å². The number of sulfonamides is 1. The summed E-state index contributed by atoms with van der Waals surface area (Å²) in [6, 6.07) is 13.0. The number of benzene rings is 2. The maximum Gasteiger partial charge on any atom is 0.264 e. The van der Waals surface area contributed by atoms with Gasteiger partial charge in [-0.3, -0.25) is 0 Å². The third kappa shape index (κ3) is 5.55. The molecule has 0 fully saturated rings. The SMILES string of the molecule is COc1cc(NC(=S)Nc2ccc(S(=O)(=O)Nc3ncccn3)cc2)cc(OC)c1. The molecular formula is C19H19N5O4S2. The lowest BCUT2D eigenvalue weighted by Crippen LogP contribution is -2.19. The van der Waals surface area contributed by atoms with E-state index in [9.17, 15) is 8.42 Å². The van der Waals surface area contributed by atoms with Crippen molar-refractivity contribution >= 4 is 44.7 Å². The van der Waals surface area contributed by atoms with Gasteiger partial charge in [0.15, 0.2) is 5.11 Å². The van der Waals surface area contributed by atoms with Crippen LogP contribution in [0.1, 0.15) is 0 Å². The Kier molecular flexibility index (Phi) is 6.65. The monoisotopic (exact) mass is 445 g/mol. The second-order valence-corrected chi connectivity index (χ2v) is 7.97. The topological polar surface area (TPSA) is 114 Å². The molecule has 0 bridgehead atoms. The summed E-state index contributed by atoms with van der Waals surface area (Å²) >= 11 is 5.32. The smallest absolute Gasteiger partial charge is 0.264 e. The lowest BCUT2D eigenvalue weighted by molar-refractivity contribution is 0.395. The molecule has 11 heteroatoms. The zero-order chi connectivity index (χ0) is 21.6. The van der Waals surface area contributed by atoms with E-state index < -0.39 is 10.0 Å². The fourth-order valence-corrected chi connectivity index (χ4v) is 3.62. The summed E-state index contributed by atoms with van der Waals surface area (Å²) in [6.45, 7) is 0. The van der Waals surface area contributed by atoms with Gasteiger partial charge >= 0.3 is 0 Å². The molecular weight excluding hydrogens is 426 g/mol. The van der Waals surface area contributed by atoms with Gasteiger partial charge in [-0.2, -0.15) is 0 Å². The lowest BCUT2D eigenvalue weighted by atomic mass is 10.3. The Morgan fingerprint density at radius 2 is 1.47 bits per heavy atom. The molecule has 30 heavy (non-hydrogen) atoms. The minimum atomic E-state index is -3.80. The highest BCUT2D eigenvalue weighted by Gasteiger charge is 2.15. The van der Waals surface area contributed by atoms with Crippen LogP contribution in [-0.2, 0) is 10.0 Å². The Hall–Kier alpha value is -3.44. The van der Waals surface area contributed by atoms with E-state index in [1.807, 2.05) is 0 Å². The standard InChI is InChI=1S/C19H19N5O4S2/c1-27-15-10-14(11-16(12-15)28-2)23-19(29)22-13-4-6-17(7-5-13)30(25,26)24-18-20-8-3-9-21-18/h3-12H,1-2H3,(H,20,21,24)(H2,22,23,29). The van der Waals surface area contributed by atoms with Crippen molar-refractivity contribution in [3.05, 3.63) is 60.9 Å². The van der Waals surface area contributed by atoms with Crippen LogP contribution in [0.15, 0.2) is 65.8 Å². The summed E-state index contributed by atoms with van der Waals surface area (Å²) < 4.78 is 37.6. The van der Waals surface area contributed by atoms with Crippen molar-refractivity contribution in [3.63, 3.8) is 0 Å². The van der Waals surface area contributed by atoms with Gasteiger partial charge in [-0.25, -0.2) is 23.1 Å². The van der Waals surface area contributed by atoms with Gasteiger partial charge in [0.2, 0.25) is 5.95 Å². The number of nitrogens with zero attached hydrogens (tertiary/aromatic N) is 2. The van der Waals surface area contributed by atoms with Crippen LogP contribution >= 0.6 is 12.2 Å². The van der Waals surface area contributed by atoms with Crippen LogP contribution in [0.4, 0.5) is 17.3 Å². The molecule has 3 aromatic rings. The van der Waals surface area contributed by atoms with Crippen molar-refractivity contribution < 1.29 is 17.9 Å². The van der Waals surface area contributed by atoms with Crippen LogP contribution in [0.2, 0.25) is 0 Å². The van der Waals surface area contributed by atoms with E-state index in [4.69, 9.17) is 21.7 Å². The highest BCUT2D eigenvalue weighted by atomic mass is 32.2. The molecule has 0 unspecified atom stereocenters. The normalized spacial score (nSPS) is 10.7. The number of thiocarbonyl (C=S) groups is 1. The molecule has 1 aromatic heterocycles. The van der Waals surface area contributed by atoms with E-state index in [2.05, 4.69) is 25.3 Å². The van der Waals surface area contributed by atoms with Gasteiger partial charge in [-0.1, -0.05) is 0 Å². The first kappa shape index (κ1) is 21.3. The van der Waals surface area contributed by atoms with Gasteiger partial charge in [-0.05, 0) is 42.5 Å². The number of ether oxygens (including phenoxy) is 2. The Morgan fingerprint density at radius 3 is 2.03 bits per heavy atom. The Labute approximate surface area is 179 Å². The van der Waals surface area contributed by atoms with Crippen LogP contribution < -0.4 is 24.8 Å². The number of anilines is 3. The number of aromatic nitrogens is 2. The zero-order valence-electron chi connectivity index (χ0n) is 16.1. The molecule has 0 aliphatic rings. The Bertz CT molecular complexity index is 1100. The zero-order valence-corrected chi connectivity index (χ0v) is 17.8. The fourth-order valence-electron chi connectivity index (χ4n) is 2.42. The maximum atomic E-state index is 12.4. The molecule has 1 heterocycles. The first-order chi connectivity index (χ1) is 14.4. The van der Waals surface area contributed by atoms with Crippen molar-refractivity contribution in [3.8, 4) is 11.5 Å². The number of hydrogen-bond donors (Lipinski definition) is 3. The molecule has 0 radical (unpaired) electrons. The minimum absolute atomic E-state index is 0.00111. The predicted molar refractivity (Wildman–Crippen MR) is 119 cm³/mol. The van der Waals surface area contributed by atoms with Crippen molar-refractivity contribution in [1.29, 1.82) is 0 Å².